The lowest BCUT2D eigenvalue weighted by molar-refractivity contribution is 0.237. The topological polar surface area (TPSA) is 36.9 Å². The van der Waals surface area contributed by atoms with Crippen molar-refractivity contribution in [2.75, 3.05) is 21.3 Å². The minimum Gasteiger partial charge on any atom is -0.493 e. The second kappa shape index (κ2) is 7.72. The molecule has 1 unspecified atom stereocenters. The molecule has 0 saturated heterocycles. The van der Waals surface area contributed by atoms with Crippen LogP contribution in [0.25, 0.3) is 0 Å². The van der Waals surface area contributed by atoms with Crippen LogP contribution in [0, 0.1) is 0 Å². The highest BCUT2D eigenvalue weighted by Crippen LogP contribution is 2.42. The van der Waals surface area contributed by atoms with Crippen molar-refractivity contribution in [3.63, 3.8) is 0 Å². The van der Waals surface area contributed by atoms with Crippen LogP contribution < -0.4 is 14.2 Å². The maximum atomic E-state index is 6.47. The van der Waals surface area contributed by atoms with Gasteiger partial charge in [0.2, 0.25) is 5.75 Å². The molecule has 0 saturated carbocycles. The Morgan fingerprint density at radius 2 is 1.29 bits per heavy atom. The number of benzene rings is 2. The molecule has 24 heavy (non-hydrogen) atoms. The Morgan fingerprint density at radius 1 is 0.750 bits per heavy atom. The van der Waals surface area contributed by atoms with Gasteiger partial charge in [0.05, 0.1) is 27.4 Å². The van der Waals surface area contributed by atoms with Crippen LogP contribution in [-0.2, 0) is 4.43 Å². The highest BCUT2D eigenvalue weighted by Gasteiger charge is 2.26. The van der Waals surface area contributed by atoms with Crippen LogP contribution in [0.15, 0.2) is 42.5 Å². The first-order valence-electron chi connectivity index (χ1n) is 7.92. The SMILES string of the molecule is COc1cc(C(O[Si](C)(C)C)c2ccccc2)cc(OC)c1OC. The van der Waals surface area contributed by atoms with Crippen molar-refractivity contribution in [1.82, 2.24) is 0 Å². The highest BCUT2D eigenvalue weighted by molar-refractivity contribution is 6.69. The Balaban J connectivity index is 2.57. The van der Waals surface area contributed by atoms with Crippen molar-refractivity contribution in [2.45, 2.75) is 25.7 Å². The van der Waals surface area contributed by atoms with Gasteiger partial charge in [0.1, 0.15) is 0 Å². The van der Waals surface area contributed by atoms with E-state index < -0.39 is 8.32 Å². The van der Waals surface area contributed by atoms with E-state index in [1.807, 2.05) is 30.3 Å². The Kier molecular flexibility index (Phi) is 5.91. The maximum absolute atomic E-state index is 6.47. The fourth-order valence-electron chi connectivity index (χ4n) is 2.56. The van der Waals surface area contributed by atoms with Gasteiger partial charge in [-0.1, -0.05) is 30.3 Å². The molecule has 0 aliphatic carbocycles. The first-order chi connectivity index (χ1) is 11.4. The first kappa shape index (κ1) is 18.4. The Morgan fingerprint density at radius 3 is 1.71 bits per heavy atom. The number of ether oxygens (including phenoxy) is 3. The van der Waals surface area contributed by atoms with E-state index in [1.165, 1.54) is 0 Å². The fraction of sp³-hybridized carbons (Fsp3) is 0.368. The second-order valence-corrected chi connectivity index (χ2v) is 10.9. The van der Waals surface area contributed by atoms with E-state index in [2.05, 4.69) is 31.8 Å². The summed E-state index contributed by atoms with van der Waals surface area (Å²) in [7, 11) is 3.07. The Bertz CT molecular complexity index is 640. The normalized spacial score (nSPS) is 12.6. The zero-order valence-electron chi connectivity index (χ0n) is 15.3. The molecule has 4 nitrogen and oxygen atoms in total. The monoisotopic (exact) mass is 346 g/mol. The summed E-state index contributed by atoms with van der Waals surface area (Å²) >= 11 is 0. The van der Waals surface area contributed by atoms with Crippen LogP contribution >= 0.6 is 0 Å². The smallest absolute Gasteiger partial charge is 0.203 e. The summed E-state index contributed by atoms with van der Waals surface area (Å²) in [6.45, 7) is 6.54. The number of methoxy groups -OCH3 is 3. The molecule has 0 aliphatic heterocycles. The third-order valence-electron chi connectivity index (χ3n) is 3.56. The third-order valence-corrected chi connectivity index (χ3v) is 4.51. The lowest BCUT2D eigenvalue weighted by Gasteiger charge is -2.28. The van der Waals surface area contributed by atoms with E-state index in [0.29, 0.717) is 17.2 Å². The summed E-state index contributed by atoms with van der Waals surface area (Å²) in [6.07, 6.45) is -0.174. The first-order valence-corrected chi connectivity index (χ1v) is 11.3. The molecule has 0 amide bonds. The van der Waals surface area contributed by atoms with Crippen molar-refractivity contribution < 1.29 is 18.6 Å². The quantitative estimate of drug-likeness (QED) is 0.684. The van der Waals surface area contributed by atoms with E-state index in [1.54, 1.807) is 21.3 Å². The van der Waals surface area contributed by atoms with Crippen molar-refractivity contribution in [1.29, 1.82) is 0 Å². The summed E-state index contributed by atoms with van der Waals surface area (Å²) in [5, 5.41) is 0. The molecule has 0 aliphatic rings. The summed E-state index contributed by atoms with van der Waals surface area (Å²) in [5.74, 6) is 1.85. The number of hydrogen-bond acceptors (Lipinski definition) is 4. The van der Waals surface area contributed by atoms with Crippen LogP contribution in [0.2, 0.25) is 19.6 Å². The summed E-state index contributed by atoms with van der Waals surface area (Å²) < 4.78 is 22.9. The van der Waals surface area contributed by atoms with Crippen molar-refractivity contribution in [3.05, 3.63) is 53.6 Å². The zero-order chi connectivity index (χ0) is 17.7. The average molecular weight is 346 g/mol. The van der Waals surface area contributed by atoms with E-state index in [9.17, 15) is 0 Å². The summed E-state index contributed by atoms with van der Waals surface area (Å²) in [6, 6.07) is 14.1. The molecule has 2 aromatic rings. The largest absolute Gasteiger partial charge is 0.493 e. The van der Waals surface area contributed by atoms with Gasteiger partial charge in [-0.3, -0.25) is 0 Å². The molecule has 5 heteroatoms. The van der Waals surface area contributed by atoms with Crippen molar-refractivity contribution in [2.24, 2.45) is 0 Å². The lowest BCUT2D eigenvalue weighted by Crippen LogP contribution is -2.28. The lowest BCUT2D eigenvalue weighted by atomic mass is 10.0. The van der Waals surface area contributed by atoms with Gasteiger partial charge in [0, 0.05) is 0 Å². The van der Waals surface area contributed by atoms with Crippen LogP contribution in [0.4, 0.5) is 0 Å². The van der Waals surface area contributed by atoms with Gasteiger partial charge in [-0.05, 0) is 42.9 Å². The standard InChI is InChI=1S/C19H26O4Si/c1-20-16-12-15(13-17(21-2)19(16)22-3)18(23-24(4,5)6)14-10-8-7-9-11-14/h7-13,18H,1-6H3. The van der Waals surface area contributed by atoms with Gasteiger partial charge < -0.3 is 18.6 Å². The molecule has 0 N–H and O–H groups in total. The van der Waals surface area contributed by atoms with Crippen molar-refractivity contribution >= 4 is 8.32 Å². The molecule has 0 heterocycles. The predicted octanol–water partition coefficient (Wildman–Crippen LogP) is 4.65. The molecule has 1 atom stereocenters. The molecule has 2 rings (SSSR count). The minimum absolute atomic E-state index is 0.174. The average Bonchev–Trinajstić information content (AvgIpc) is 2.58. The van der Waals surface area contributed by atoms with Crippen LogP contribution in [0.5, 0.6) is 17.2 Å². The molecule has 0 spiro atoms. The van der Waals surface area contributed by atoms with Gasteiger partial charge in [-0.25, -0.2) is 0 Å². The molecule has 0 radical (unpaired) electrons. The second-order valence-electron chi connectivity index (χ2n) is 6.48. The highest BCUT2D eigenvalue weighted by atomic mass is 28.4. The van der Waals surface area contributed by atoms with Gasteiger partial charge in [-0.15, -0.1) is 0 Å². The minimum atomic E-state index is -1.78. The molecular weight excluding hydrogens is 320 g/mol. The molecule has 130 valence electrons. The van der Waals surface area contributed by atoms with Crippen LogP contribution in [0.1, 0.15) is 17.2 Å². The Labute approximate surface area is 145 Å². The fourth-order valence-corrected chi connectivity index (χ4v) is 3.54. The molecule has 0 aromatic heterocycles. The van der Waals surface area contributed by atoms with E-state index in [4.69, 9.17) is 18.6 Å². The van der Waals surface area contributed by atoms with Crippen molar-refractivity contribution in [3.8, 4) is 17.2 Å². The molecule has 0 bridgehead atoms. The predicted molar refractivity (Wildman–Crippen MR) is 98.8 cm³/mol. The van der Waals surface area contributed by atoms with E-state index in [-0.39, 0.29) is 6.10 Å². The summed E-state index contributed by atoms with van der Waals surface area (Å²) in [4.78, 5) is 0. The number of hydrogen-bond donors (Lipinski definition) is 0. The maximum Gasteiger partial charge on any atom is 0.203 e. The van der Waals surface area contributed by atoms with Gasteiger partial charge in [-0.2, -0.15) is 0 Å². The summed E-state index contributed by atoms with van der Waals surface area (Å²) in [5.41, 5.74) is 2.09. The third kappa shape index (κ3) is 4.30. The molecule has 2 aromatic carbocycles. The Hall–Kier alpha value is -1.98. The van der Waals surface area contributed by atoms with Gasteiger partial charge >= 0.3 is 0 Å². The van der Waals surface area contributed by atoms with Gasteiger partial charge in [0.25, 0.3) is 0 Å². The van der Waals surface area contributed by atoms with E-state index in [0.717, 1.165) is 11.1 Å². The van der Waals surface area contributed by atoms with E-state index >= 15 is 0 Å². The number of rotatable bonds is 7. The molecular formula is C19H26O4Si. The molecule has 0 fully saturated rings. The zero-order valence-corrected chi connectivity index (χ0v) is 16.3. The van der Waals surface area contributed by atoms with Gasteiger partial charge in [0.15, 0.2) is 19.8 Å². The van der Waals surface area contributed by atoms with Crippen LogP contribution in [-0.4, -0.2) is 29.6 Å². The van der Waals surface area contributed by atoms with Crippen LogP contribution in [0.3, 0.4) is 0 Å².